The van der Waals surface area contributed by atoms with Crippen LogP contribution in [0.5, 0.6) is 5.75 Å². The van der Waals surface area contributed by atoms with Crippen molar-refractivity contribution in [2.24, 2.45) is 0 Å². The van der Waals surface area contributed by atoms with Gasteiger partial charge in [-0.05, 0) is 36.4 Å². The molecule has 0 saturated heterocycles. The molecule has 7 nitrogen and oxygen atoms in total. The number of carbonyl (C=O) groups excluding carboxylic acids is 1. The number of hydrogen-bond donors (Lipinski definition) is 2. The van der Waals surface area contributed by atoms with Crippen LogP contribution in [0.1, 0.15) is 12.3 Å². The standard InChI is InChI=1S/C20H20FN3O4/c21-15-8-6-14(7-9-15)20-23-19(28-24-20)11-10-18(26)22-12-16(25)13-27-17-4-2-1-3-5-17/h1-9,16,25H,10-13H2,(H,22,26)/t16-/m0/s1. The molecule has 3 aromatic rings. The van der Waals surface area contributed by atoms with Gasteiger partial charge in [0.05, 0.1) is 0 Å². The predicted octanol–water partition coefficient (Wildman–Crippen LogP) is 2.36. The highest BCUT2D eigenvalue weighted by Gasteiger charge is 2.12. The molecule has 28 heavy (non-hydrogen) atoms. The molecule has 0 aliphatic heterocycles. The lowest BCUT2D eigenvalue weighted by atomic mass is 10.2. The van der Waals surface area contributed by atoms with Crippen molar-refractivity contribution < 1.29 is 23.6 Å². The maximum absolute atomic E-state index is 12.9. The zero-order valence-electron chi connectivity index (χ0n) is 15.0. The van der Waals surface area contributed by atoms with Crippen molar-refractivity contribution in [2.45, 2.75) is 18.9 Å². The van der Waals surface area contributed by atoms with E-state index >= 15 is 0 Å². The Morgan fingerprint density at radius 3 is 2.68 bits per heavy atom. The van der Waals surface area contributed by atoms with Gasteiger partial charge in [0, 0.05) is 24.9 Å². The minimum atomic E-state index is -0.822. The van der Waals surface area contributed by atoms with Gasteiger partial charge in [-0.25, -0.2) is 4.39 Å². The van der Waals surface area contributed by atoms with Crippen molar-refractivity contribution in [1.29, 1.82) is 0 Å². The molecular weight excluding hydrogens is 365 g/mol. The van der Waals surface area contributed by atoms with E-state index in [9.17, 15) is 14.3 Å². The summed E-state index contributed by atoms with van der Waals surface area (Å²) in [6.45, 7) is 0.158. The van der Waals surface area contributed by atoms with Crippen molar-refractivity contribution >= 4 is 5.91 Å². The van der Waals surface area contributed by atoms with Crippen LogP contribution in [0.4, 0.5) is 4.39 Å². The molecule has 1 aromatic heterocycles. The summed E-state index contributed by atoms with van der Waals surface area (Å²) in [5, 5.41) is 16.3. The first-order valence-corrected chi connectivity index (χ1v) is 8.81. The number of carbonyl (C=O) groups is 1. The zero-order valence-corrected chi connectivity index (χ0v) is 15.0. The Morgan fingerprint density at radius 1 is 1.18 bits per heavy atom. The van der Waals surface area contributed by atoms with Gasteiger partial charge in [-0.3, -0.25) is 4.79 Å². The fourth-order valence-corrected chi connectivity index (χ4v) is 2.38. The van der Waals surface area contributed by atoms with Gasteiger partial charge in [-0.2, -0.15) is 4.98 Å². The number of para-hydroxylation sites is 1. The third-order valence-corrected chi connectivity index (χ3v) is 3.86. The molecule has 0 aliphatic carbocycles. The number of halogens is 1. The van der Waals surface area contributed by atoms with Gasteiger partial charge < -0.3 is 19.7 Å². The van der Waals surface area contributed by atoms with Crippen molar-refractivity contribution in [1.82, 2.24) is 15.5 Å². The maximum atomic E-state index is 12.9. The molecule has 146 valence electrons. The van der Waals surface area contributed by atoms with E-state index in [1.54, 1.807) is 24.3 Å². The van der Waals surface area contributed by atoms with E-state index < -0.39 is 6.10 Å². The number of aliphatic hydroxyl groups excluding tert-OH is 1. The van der Waals surface area contributed by atoms with Crippen LogP contribution in [0, 0.1) is 5.82 Å². The molecule has 0 fully saturated rings. The Balaban J connectivity index is 1.38. The van der Waals surface area contributed by atoms with Crippen LogP contribution >= 0.6 is 0 Å². The molecule has 2 N–H and O–H groups in total. The molecule has 3 rings (SSSR count). The van der Waals surface area contributed by atoms with Crippen LogP contribution in [0.3, 0.4) is 0 Å². The number of amides is 1. The minimum Gasteiger partial charge on any atom is -0.491 e. The average molecular weight is 385 g/mol. The van der Waals surface area contributed by atoms with E-state index in [-0.39, 0.29) is 37.7 Å². The SMILES string of the molecule is O=C(CCc1nc(-c2ccc(F)cc2)no1)NC[C@H](O)COc1ccccc1. The second-order valence-electron chi connectivity index (χ2n) is 6.10. The molecule has 1 heterocycles. The third kappa shape index (κ3) is 5.88. The maximum Gasteiger partial charge on any atom is 0.227 e. The number of aryl methyl sites for hydroxylation is 1. The number of benzene rings is 2. The summed E-state index contributed by atoms with van der Waals surface area (Å²) < 4.78 is 23.5. The molecule has 0 saturated carbocycles. The van der Waals surface area contributed by atoms with Gasteiger partial charge >= 0.3 is 0 Å². The van der Waals surface area contributed by atoms with Gasteiger partial charge in [0.2, 0.25) is 17.6 Å². The largest absolute Gasteiger partial charge is 0.491 e. The van der Waals surface area contributed by atoms with Crippen molar-refractivity contribution in [2.75, 3.05) is 13.2 Å². The Bertz CT molecular complexity index is 884. The fourth-order valence-electron chi connectivity index (χ4n) is 2.38. The highest BCUT2D eigenvalue weighted by atomic mass is 19.1. The molecule has 0 spiro atoms. The Labute approximate surface area is 161 Å². The summed E-state index contributed by atoms with van der Waals surface area (Å²) in [5.74, 6) is 0.702. The van der Waals surface area contributed by atoms with Gasteiger partial charge in [0.25, 0.3) is 0 Å². The molecule has 8 heteroatoms. The quantitative estimate of drug-likeness (QED) is 0.587. The van der Waals surface area contributed by atoms with Crippen LogP contribution < -0.4 is 10.1 Å². The van der Waals surface area contributed by atoms with Gasteiger partial charge in [0.1, 0.15) is 24.3 Å². The molecule has 2 aromatic carbocycles. The Hall–Kier alpha value is -3.26. The second kappa shape index (κ2) is 9.61. The Morgan fingerprint density at radius 2 is 1.93 bits per heavy atom. The first-order chi connectivity index (χ1) is 13.6. The number of nitrogens with one attached hydrogen (secondary N) is 1. The lowest BCUT2D eigenvalue weighted by Gasteiger charge is -2.13. The summed E-state index contributed by atoms with van der Waals surface area (Å²) in [6, 6.07) is 14.8. The number of aromatic nitrogens is 2. The van der Waals surface area contributed by atoms with Crippen LogP contribution in [0.25, 0.3) is 11.4 Å². The van der Waals surface area contributed by atoms with Crippen molar-refractivity contribution in [3.05, 3.63) is 66.3 Å². The third-order valence-electron chi connectivity index (χ3n) is 3.86. The second-order valence-corrected chi connectivity index (χ2v) is 6.10. The normalized spacial score (nSPS) is 11.8. The highest BCUT2D eigenvalue weighted by molar-refractivity contribution is 5.76. The fraction of sp³-hybridized carbons (Fsp3) is 0.250. The van der Waals surface area contributed by atoms with Gasteiger partial charge in [0.15, 0.2) is 0 Å². The number of ether oxygens (including phenoxy) is 1. The number of aliphatic hydroxyl groups is 1. The van der Waals surface area contributed by atoms with Crippen LogP contribution in [0.15, 0.2) is 59.1 Å². The number of hydrogen-bond acceptors (Lipinski definition) is 6. The first kappa shape index (κ1) is 19.5. The van der Waals surface area contributed by atoms with Crippen LogP contribution in [-0.4, -0.2) is 40.4 Å². The van der Waals surface area contributed by atoms with Gasteiger partial charge in [-0.1, -0.05) is 23.4 Å². The molecule has 0 aliphatic rings. The number of nitrogens with zero attached hydrogens (tertiary/aromatic N) is 2. The van der Waals surface area contributed by atoms with Gasteiger partial charge in [-0.15, -0.1) is 0 Å². The van der Waals surface area contributed by atoms with E-state index in [0.29, 0.717) is 23.0 Å². The molecule has 0 bridgehead atoms. The summed E-state index contributed by atoms with van der Waals surface area (Å²) >= 11 is 0. The predicted molar refractivity (Wildman–Crippen MR) is 99.0 cm³/mol. The van der Waals surface area contributed by atoms with E-state index in [1.165, 1.54) is 12.1 Å². The highest BCUT2D eigenvalue weighted by Crippen LogP contribution is 2.16. The molecule has 0 radical (unpaired) electrons. The first-order valence-electron chi connectivity index (χ1n) is 8.81. The lowest BCUT2D eigenvalue weighted by molar-refractivity contribution is -0.121. The van der Waals surface area contributed by atoms with Crippen molar-refractivity contribution in [3.63, 3.8) is 0 Å². The molecule has 1 amide bonds. The van der Waals surface area contributed by atoms with Crippen LogP contribution in [0.2, 0.25) is 0 Å². The summed E-state index contributed by atoms with van der Waals surface area (Å²) in [7, 11) is 0. The summed E-state index contributed by atoms with van der Waals surface area (Å²) in [5.41, 5.74) is 0.627. The zero-order chi connectivity index (χ0) is 19.8. The van der Waals surface area contributed by atoms with E-state index in [4.69, 9.17) is 9.26 Å². The monoisotopic (exact) mass is 385 g/mol. The average Bonchev–Trinajstić information content (AvgIpc) is 3.19. The van der Waals surface area contributed by atoms with Crippen molar-refractivity contribution in [3.8, 4) is 17.1 Å². The smallest absolute Gasteiger partial charge is 0.227 e. The van der Waals surface area contributed by atoms with E-state index in [2.05, 4.69) is 15.5 Å². The van der Waals surface area contributed by atoms with E-state index in [1.807, 2.05) is 18.2 Å². The lowest BCUT2D eigenvalue weighted by Crippen LogP contribution is -2.35. The molecule has 1 atom stereocenters. The van der Waals surface area contributed by atoms with Crippen LogP contribution in [-0.2, 0) is 11.2 Å². The molecule has 0 unspecified atom stereocenters. The Kier molecular flexibility index (Phi) is 6.69. The minimum absolute atomic E-state index is 0.0784. The van der Waals surface area contributed by atoms with E-state index in [0.717, 1.165) is 0 Å². The topological polar surface area (TPSA) is 97.5 Å². The summed E-state index contributed by atoms with van der Waals surface area (Å²) in [4.78, 5) is 16.1. The molecular formula is C20H20FN3O4. The summed E-state index contributed by atoms with van der Waals surface area (Å²) in [6.07, 6.45) is -0.425. The number of rotatable bonds is 9.